The third kappa shape index (κ3) is 2.69. The molecule has 2 bridgehead atoms. The van der Waals surface area contributed by atoms with Gasteiger partial charge < -0.3 is 9.84 Å². The Kier molecular flexibility index (Phi) is 4.62. The molecule has 3 saturated carbocycles. The van der Waals surface area contributed by atoms with Crippen LogP contribution in [0.2, 0.25) is 0 Å². The van der Waals surface area contributed by atoms with E-state index in [2.05, 4.69) is 26.0 Å². The van der Waals surface area contributed by atoms with Crippen molar-refractivity contribution in [1.29, 1.82) is 0 Å². The molecule has 0 radical (unpaired) electrons. The predicted octanol–water partition coefficient (Wildman–Crippen LogP) is 5.92. The normalized spacial score (nSPS) is 39.6. The molecule has 4 aliphatic carbocycles. The van der Waals surface area contributed by atoms with Crippen LogP contribution in [0.4, 0.5) is 0 Å². The molecule has 0 heterocycles. The summed E-state index contributed by atoms with van der Waals surface area (Å²) in [5.74, 6) is 1.93. The first-order valence-corrected chi connectivity index (χ1v) is 12.0. The van der Waals surface area contributed by atoms with Crippen LogP contribution in [0.1, 0.15) is 102 Å². The molecule has 0 spiro atoms. The highest BCUT2D eigenvalue weighted by Crippen LogP contribution is 2.77. The van der Waals surface area contributed by atoms with E-state index >= 15 is 0 Å². The summed E-state index contributed by atoms with van der Waals surface area (Å²) in [6, 6.07) is 6.40. The fourth-order valence-electron chi connectivity index (χ4n) is 8.06. The Morgan fingerprint density at radius 2 is 1.93 bits per heavy atom. The molecule has 1 aromatic rings. The lowest BCUT2D eigenvalue weighted by molar-refractivity contribution is -0.134. The molecule has 1 aromatic carbocycles. The number of unbranched alkanes of at least 4 members (excludes halogenated alkanes) is 2. The van der Waals surface area contributed by atoms with Crippen LogP contribution in [0.15, 0.2) is 18.2 Å². The number of carbonyl (C=O) groups is 1. The molecular weight excluding hydrogens is 360 g/mol. The molecule has 3 fully saturated rings. The van der Waals surface area contributed by atoms with Gasteiger partial charge in [0.1, 0.15) is 5.75 Å². The Morgan fingerprint density at radius 3 is 2.69 bits per heavy atom. The number of aryl methyl sites for hydroxylation is 1. The average molecular weight is 397 g/mol. The third-order valence-corrected chi connectivity index (χ3v) is 9.70. The summed E-state index contributed by atoms with van der Waals surface area (Å²) < 4.78 is 5.64. The highest BCUT2D eigenvalue weighted by atomic mass is 16.5. The lowest BCUT2D eigenvalue weighted by Gasteiger charge is -2.56. The summed E-state index contributed by atoms with van der Waals surface area (Å²) in [5.41, 5.74) is 2.93. The molecule has 29 heavy (non-hydrogen) atoms. The predicted molar refractivity (Wildman–Crippen MR) is 114 cm³/mol. The second-order valence-corrected chi connectivity index (χ2v) is 10.6. The van der Waals surface area contributed by atoms with Gasteiger partial charge in [-0.05, 0) is 98.3 Å². The van der Waals surface area contributed by atoms with Crippen molar-refractivity contribution in [2.75, 3.05) is 0 Å². The van der Waals surface area contributed by atoms with E-state index in [9.17, 15) is 9.90 Å². The maximum Gasteiger partial charge on any atom is 0.311 e. The van der Waals surface area contributed by atoms with E-state index in [-0.39, 0.29) is 11.4 Å². The van der Waals surface area contributed by atoms with Crippen molar-refractivity contribution in [2.24, 2.45) is 16.7 Å². The standard InChI is InChI=1S/C26H36O3/c1-3-4-5-6-23(27)29-19-8-9-20-18(17-19)7-10-22-21(20)11-12-24(2)25(22)13-15-26(24,28)16-14-25/h8-9,17,21-22,28H,3-7,10-16H2,1-2H3/t21-,22-,24+,25-,26+/m1/s1. The maximum absolute atomic E-state index is 12.1. The zero-order chi connectivity index (χ0) is 20.3. The Morgan fingerprint density at radius 1 is 1.14 bits per heavy atom. The Balaban J connectivity index is 1.36. The van der Waals surface area contributed by atoms with Gasteiger partial charge >= 0.3 is 5.97 Å². The van der Waals surface area contributed by atoms with Gasteiger partial charge in [-0.3, -0.25) is 4.79 Å². The molecule has 3 nitrogen and oxygen atoms in total. The van der Waals surface area contributed by atoms with Gasteiger partial charge in [-0.15, -0.1) is 0 Å². The largest absolute Gasteiger partial charge is 0.427 e. The maximum atomic E-state index is 12.1. The number of hydrogen-bond donors (Lipinski definition) is 1. The highest BCUT2D eigenvalue weighted by Gasteiger charge is 2.73. The monoisotopic (exact) mass is 396 g/mol. The van der Waals surface area contributed by atoms with E-state index in [0.717, 1.165) is 50.7 Å². The second-order valence-electron chi connectivity index (χ2n) is 10.6. The minimum Gasteiger partial charge on any atom is -0.427 e. The molecule has 3 atom stereocenters. The van der Waals surface area contributed by atoms with Gasteiger partial charge in [0.15, 0.2) is 0 Å². The van der Waals surface area contributed by atoms with Crippen LogP contribution in [-0.2, 0) is 11.2 Å². The van der Waals surface area contributed by atoms with E-state index in [1.54, 1.807) is 0 Å². The fraction of sp³-hybridized carbons (Fsp3) is 0.731. The Bertz CT molecular complexity index is 804. The molecule has 0 saturated heterocycles. The lowest BCUT2D eigenvalue weighted by atomic mass is 9.48. The minimum atomic E-state index is -0.409. The summed E-state index contributed by atoms with van der Waals surface area (Å²) in [6.07, 6.45) is 12.7. The van der Waals surface area contributed by atoms with Crippen molar-refractivity contribution in [2.45, 2.75) is 102 Å². The molecule has 0 amide bonds. The number of carbonyl (C=O) groups excluding carboxylic acids is 1. The quantitative estimate of drug-likeness (QED) is 0.381. The van der Waals surface area contributed by atoms with Crippen molar-refractivity contribution < 1.29 is 14.6 Å². The number of benzene rings is 1. The van der Waals surface area contributed by atoms with E-state index in [0.29, 0.717) is 23.7 Å². The van der Waals surface area contributed by atoms with E-state index in [1.165, 1.54) is 36.8 Å². The van der Waals surface area contributed by atoms with Crippen LogP contribution < -0.4 is 4.74 Å². The number of ether oxygens (including phenoxy) is 1. The Hall–Kier alpha value is -1.35. The van der Waals surface area contributed by atoms with Crippen molar-refractivity contribution in [1.82, 2.24) is 0 Å². The second kappa shape index (κ2) is 6.83. The first kappa shape index (κ1) is 19.6. The van der Waals surface area contributed by atoms with Gasteiger partial charge in [0.25, 0.3) is 0 Å². The van der Waals surface area contributed by atoms with Gasteiger partial charge in [0, 0.05) is 11.8 Å². The molecule has 0 aromatic heterocycles. The van der Waals surface area contributed by atoms with Crippen molar-refractivity contribution in [3.05, 3.63) is 29.3 Å². The molecular formula is C26H36O3. The average Bonchev–Trinajstić information content (AvgIpc) is 3.09. The molecule has 1 N–H and O–H groups in total. The highest BCUT2D eigenvalue weighted by molar-refractivity contribution is 5.72. The van der Waals surface area contributed by atoms with E-state index in [1.807, 2.05) is 6.07 Å². The number of esters is 1. The molecule has 0 unspecified atom stereocenters. The van der Waals surface area contributed by atoms with Crippen LogP contribution >= 0.6 is 0 Å². The number of hydrogen-bond acceptors (Lipinski definition) is 3. The van der Waals surface area contributed by atoms with Crippen LogP contribution in [0.25, 0.3) is 0 Å². The van der Waals surface area contributed by atoms with Gasteiger partial charge in [-0.2, -0.15) is 0 Å². The third-order valence-electron chi connectivity index (χ3n) is 9.70. The first-order valence-electron chi connectivity index (χ1n) is 12.0. The fourth-order valence-corrected chi connectivity index (χ4v) is 8.06. The van der Waals surface area contributed by atoms with Crippen molar-refractivity contribution >= 4 is 5.97 Å². The minimum absolute atomic E-state index is 0.101. The van der Waals surface area contributed by atoms with Crippen molar-refractivity contribution in [3.63, 3.8) is 0 Å². The van der Waals surface area contributed by atoms with Gasteiger partial charge in [-0.25, -0.2) is 0 Å². The SMILES string of the molecule is CCCCCC(=O)Oc1ccc2c(c1)CC[C@@H]1[C@@H]2CC[C@]2(C)[C@]3(O)CC[C@@]12CC3. The van der Waals surface area contributed by atoms with Gasteiger partial charge in [0.05, 0.1) is 5.60 Å². The van der Waals surface area contributed by atoms with Gasteiger partial charge in [-0.1, -0.05) is 32.8 Å². The summed E-state index contributed by atoms with van der Waals surface area (Å²) >= 11 is 0. The zero-order valence-electron chi connectivity index (χ0n) is 18.1. The summed E-state index contributed by atoms with van der Waals surface area (Å²) in [5, 5.41) is 11.3. The molecule has 0 aliphatic heterocycles. The lowest BCUT2D eigenvalue weighted by Crippen LogP contribution is -2.51. The first-order chi connectivity index (χ1) is 13.9. The summed E-state index contributed by atoms with van der Waals surface area (Å²) in [6.45, 7) is 4.55. The molecule has 4 aliphatic rings. The van der Waals surface area contributed by atoms with Crippen LogP contribution in [0.3, 0.4) is 0 Å². The number of aliphatic hydroxyl groups is 1. The summed E-state index contributed by atoms with van der Waals surface area (Å²) in [7, 11) is 0. The summed E-state index contributed by atoms with van der Waals surface area (Å²) in [4.78, 5) is 12.1. The smallest absolute Gasteiger partial charge is 0.311 e. The molecule has 158 valence electrons. The number of rotatable bonds is 5. The van der Waals surface area contributed by atoms with Crippen LogP contribution in [-0.4, -0.2) is 16.7 Å². The molecule has 5 rings (SSSR count). The topological polar surface area (TPSA) is 46.5 Å². The van der Waals surface area contributed by atoms with Crippen LogP contribution in [0, 0.1) is 16.7 Å². The number of fused-ring (bicyclic) bond motifs is 3. The van der Waals surface area contributed by atoms with E-state index in [4.69, 9.17) is 4.74 Å². The van der Waals surface area contributed by atoms with E-state index < -0.39 is 5.60 Å². The molecule has 3 heteroatoms. The zero-order valence-corrected chi connectivity index (χ0v) is 18.1. The van der Waals surface area contributed by atoms with Gasteiger partial charge in [0.2, 0.25) is 0 Å². The van der Waals surface area contributed by atoms with Crippen molar-refractivity contribution in [3.8, 4) is 5.75 Å². The Labute approximate surface area is 175 Å². The van der Waals surface area contributed by atoms with Crippen LogP contribution in [0.5, 0.6) is 5.75 Å².